The van der Waals surface area contributed by atoms with E-state index in [0.29, 0.717) is 43.3 Å². The van der Waals surface area contributed by atoms with Crippen molar-refractivity contribution in [3.63, 3.8) is 0 Å². The van der Waals surface area contributed by atoms with E-state index in [9.17, 15) is 18.8 Å². The first kappa shape index (κ1) is 30.7. The molecule has 1 aromatic heterocycles. The van der Waals surface area contributed by atoms with Gasteiger partial charge in [-0.3, -0.25) is 14.4 Å². The summed E-state index contributed by atoms with van der Waals surface area (Å²) in [5.74, 6) is -2.46. The molecule has 43 heavy (non-hydrogen) atoms. The van der Waals surface area contributed by atoms with Gasteiger partial charge in [0.15, 0.2) is 0 Å². The summed E-state index contributed by atoms with van der Waals surface area (Å²) < 4.78 is 30.1. The standard InChI is InChI=1S/C32H36ClF2N5O3/c1-20(2)31(42)40-16-15-38(14-4-5-28(40)21-6-8-22(33)9-7-21)32(43)26-19-39(29-12-13-30(41)37(3)36-29)18-25(26)24-11-10-23(34)17-27(24)35/h6-13,17,20,25-26,28H,4-5,14-16,18-19H2,1-3H3/t25?,26-,28?/m1/s1. The Hall–Kier alpha value is -3.79. The number of anilines is 1. The summed E-state index contributed by atoms with van der Waals surface area (Å²) >= 11 is 6.12. The van der Waals surface area contributed by atoms with Crippen LogP contribution in [0, 0.1) is 23.5 Å². The van der Waals surface area contributed by atoms with Crippen LogP contribution in [-0.2, 0) is 16.6 Å². The van der Waals surface area contributed by atoms with Crippen molar-refractivity contribution in [1.29, 1.82) is 0 Å². The minimum absolute atomic E-state index is 0.00770. The van der Waals surface area contributed by atoms with Crippen LogP contribution in [0.2, 0.25) is 5.02 Å². The third-order valence-corrected chi connectivity index (χ3v) is 8.76. The monoisotopic (exact) mass is 611 g/mol. The molecule has 3 atom stereocenters. The Labute approximate surface area is 254 Å². The van der Waals surface area contributed by atoms with E-state index in [1.807, 2.05) is 47.9 Å². The van der Waals surface area contributed by atoms with E-state index in [2.05, 4.69) is 5.10 Å². The zero-order valence-corrected chi connectivity index (χ0v) is 25.3. The van der Waals surface area contributed by atoms with Gasteiger partial charge in [-0.15, -0.1) is 0 Å². The number of aromatic nitrogens is 2. The molecule has 0 N–H and O–H groups in total. The average molecular weight is 612 g/mol. The summed E-state index contributed by atoms with van der Waals surface area (Å²) in [5.41, 5.74) is 0.995. The van der Waals surface area contributed by atoms with Crippen LogP contribution in [0.25, 0.3) is 0 Å². The van der Waals surface area contributed by atoms with Crippen LogP contribution in [-0.4, -0.2) is 64.1 Å². The van der Waals surface area contributed by atoms with E-state index >= 15 is 4.39 Å². The van der Waals surface area contributed by atoms with Gasteiger partial charge in [0, 0.05) is 68.8 Å². The average Bonchev–Trinajstić information content (AvgIpc) is 3.40. The highest BCUT2D eigenvalue weighted by atomic mass is 35.5. The summed E-state index contributed by atoms with van der Waals surface area (Å²) in [6.45, 7) is 5.42. The number of carbonyl (C=O) groups excluding carboxylic acids is 2. The van der Waals surface area contributed by atoms with Crippen molar-refractivity contribution in [3.05, 3.63) is 92.7 Å². The molecule has 8 nitrogen and oxygen atoms in total. The van der Waals surface area contributed by atoms with E-state index < -0.39 is 23.5 Å². The van der Waals surface area contributed by atoms with Gasteiger partial charge in [-0.1, -0.05) is 43.6 Å². The molecule has 0 aliphatic carbocycles. The topological polar surface area (TPSA) is 78.8 Å². The second-order valence-electron chi connectivity index (χ2n) is 11.7. The molecule has 2 unspecified atom stereocenters. The quantitative estimate of drug-likeness (QED) is 0.415. The van der Waals surface area contributed by atoms with Gasteiger partial charge in [0.25, 0.3) is 5.56 Å². The number of halogens is 3. The molecule has 3 heterocycles. The Bertz CT molecular complexity index is 1550. The molecule has 2 aromatic carbocycles. The normalized spacial score (nSPS) is 21.2. The molecule has 3 aromatic rings. The number of hydrogen-bond acceptors (Lipinski definition) is 5. The Kier molecular flexibility index (Phi) is 9.15. The molecule has 2 aliphatic heterocycles. The molecular weight excluding hydrogens is 576 g/mol. The Morgan fingerprint density at radius 2 is 1.72 bits per heavy atom. The molecule has 2 saturated heterocycles. The number of benzene rings is 2. The summed E-state index contributed by atoms with van der Waals surface area (Å²) in [4.78, 5) is 45.1. The van der Waals surface area contributed by atoms with E-state index in [1.165, 1.54) is 22.9 Å². The van der Waals surface area contributed by atoms with Crippen molar-refractivity contribution >= 4 is 29.2 Å². The number of nitrogens with zero attached hydrogens (tertiary/aromatic N) is 5. The van der Waals surface area contributed by atoms with Gasteiger partial charge >= 0.3 is 0 Å². The highest BCUT2D eigenvalue weighted by Gasteiger charge is 2.43. The van der Waals surface area contributed by atoms with Gasteiger partial charge in [-0.2, -0.15) is 5.10 Å². The van der Waals surface area contributed by atoms with Crippen LogP contribution in [0.15, 0.2) is 59.4 Å². The predicted octanol–water partition coefficient (Wildman–Crippen LogP) is 4.78. The molecule has 0 radical (unpaired) electrons. The molecule has 2 amide bonds. The Morgan fingerprint density at radius 3 is 2.40 bits per heavy atom. The number of aryl methyl sites for hydroxylation is 1. The van der Waals surface area contributed by atoms with Gasteiger partial charge in [-0.25, -0.2) is 13.5 Å². The fraction of sp³-hybridized carbons (Fsp3) is 0.438. The SMILES string of the molecule is CC(C)C(=O)N1CCN(C(=O)[C@@H]2CN(c3ccc(=O)n(C)n3)CC2c2ccc(F)cc2F)CCCC1c1ccc(Cl)cc1. The van der Waals surface area contributed by atoms with Crippen molar-refractivity contribution in [2.45, 2.75) is 38.6 Å². The van der Waals surface area contributed by atoms with E-state index in [4.69, 9.17) is 11.6 Å². The number of hydrogen-bond donors (Lipinski definition) is 0. The van der Waals surface area contributed by atoms with Gasteiger partial charge in [-0.05, 0) is 48.2 Å². The molecule has 2 fully saturated rings. The van der Waals surface area contributed by atoms with Crippen LogP contribution >= 0.6 is 11.6 Å². The minimum Gasteiger partial charge on any atom is -0.354 e. The predicted molar refractivity (Wildman–Crippen MR) is 161 cm³/mol. The number of amides is 2. The first-order valence-corrected chi connectivity index (χ1v) is 15.0. The number of rotatable bonds is 5. The van der Waals surface area contributed by atoms with Crippen LogP contribution < -0.4 is 10.5 Å². The van der Waals surface area contributed by atoms with Gasteiger partial charge in [0.2, 0.25) is 11.8 Å². The number of carbonyl (C=O) groups is 2. The first-order valence-electron chi connectivity index (χ1n) is 14.6. The molecule has 0 bridgehead atoms. The molecule has 0 spiro atoms. The highest BCUT2D eigenvalue weighted by Crippen LogP contribution is 2.38. The third-order valence-electron chi connectivity index (χ3n) is 8.51. The van der Waals surface area contributed by atoms with Gasteiger partial charge < -0.3 is 14.7 Å². The second kappa shape index (κ2) is 12.8. The zero-order chi connectivity index (χ0) is 30.8. The van der Waals surface area contributed by atoms with Crippen LogP contribution in [0.4, 0.5) is 14.6 Å². The first-order chi connectivity index (χ1) is 20.5. The maximum absolute atomic E-state index is 15.1. The summed E-state index contributed by atoms with van der Waals surface area (Å²) in [5, 5.41) is 4.96. The van der Waals surface area contributed by atoms with E-state index in [0.717, 1.165) is 11.6 Å². The smallest absolute Gasteiger partial charge is 0.266 e. The maximum atomic E-state index is 15.1. The summed E-state index contributed by atoms with van der Waals surface area (Å²) in [6, 6.07) is 13.8. The lowest BCUT2D eigenvalue weighted by atomic mass is 9.87. The Balaban J connectivity index is 1.42. The van der Waals surface area contributed by atoms with Crippen molar-refractivity contribution in [1.82, 2.24) is 19.6 Å². The third kappa shape index (κ3) is 6.59. The lowest BCUT2D eigenvalue weighted by Gasteiger charge is -2.39. The highest BCUT2D eigenvalue weighted by molar-refractivity contribution is 6.30. The molecule has 5 rings (SSSR count). The Morgan fingerprint density at radius 1 is 0.977 bits per heavy atom. The fourth-order valence-electron chi connectivity index (χ4n) is 6.23. The largest absolute Gasteiger partial charge is 0.354 e. The van der Waals surface area contributed by atoms with Crippen LogP contribution in [0.3, 0.4) is 0 Å². The van der Waals surface area contributed by atoms with E-state index in [1.54, 1.807) is 18.0 Å². The van der Waals surface area contributed by atoms with Gasteiger partial charge in [0.05, 0.1) is 12.0 Å². The van der Waals surface area contributed by atoms with Crippen molar-refractivity contribution < 1.29 is 18.4 Å². The lowest BCUT2D eigenvalue weighted by molar-refractivity contribution is -0.142. The molecule has 0 saturated carbocycles. The van der Waals surface area contributed by atoms with Crippen molar-refractivity contribution in [3.8, 4) is 0 Å². The molecule has 11 heteroatoms. The summed E-state index contributed by atoms with van der Waals surface area (Å²) in [6.07, 6.45) is 1.33. The molecule has 2 aliphatic rings. The van der Waals surface area contributed by atoms with Crippen LogP contribution in [0.5, 0.6) is 0 Å². The molecular formula is C32H36ClF2N5O3. The van der Waals surface area contributed by atoms with Crippen LogP contribution in [0.1, 0.15) is 49.8 Å². The van der Waals surface area contributed by atoms with Crippen molar-refractivity contribution in [2.75, 3.05) is 37.6 Å². The van der Waals surface area contributed by atoms with E-state index in [-0.39, 0.29) is 48.0 Å². The minimum atomic E-state index is -0.703. The van der Waals surface area contributed by atoms with Crippen molar-refractivity contribution in [2.24, 2.45) is 18.9 Å². The summed E-state index contributed by atoms with van der Waals surface area (Å²) in [7, 11) is 1.55. The second-order valence-corrected chi connectivity index (χ2v) is 12.1. The maximum Gasteiger partial charge on any atom is 0.266 e. The lowest BCUT2D eigenvalue weighted by Crippen LogP contribution is -2.48. The van der Waals surface area contributed by atoms with Gasteiger partial charge in [0.1, 0.15) is 17.5 Å². The molecule has 228 valence electrons. The zero-order valence-electron chi connectivity index (χ0n) is 24.6. The fourth-order valence-corrected chi connectivity index (χ4v) is 6.35.